The van der Waals surface area contributed by atoms with Crippen LogP contribution in [0.2, 0.25) is 5.02 Å². The third kappa shape index (κ3) is 3.39. The first kappa shape index (κ1) is 14.9. The van der Waals surface area contributed by atoms with Crippen LogP contribution >= 0.6 is 11.6 Å². The highest BCUT2D eigenvalue weighted by molar-refractivity contribution is 6.31. The van der Waals surface area contributed by atoms with Gasteiger partial charge in [0.1, 0.15) is 24.0 Å². The Morgan fingerprint density at radius 2 is 2.00 bits per heavy atom. The van der Waals surface area contributed by atoms with E-state index < -0.39 is 0 Å². The Hall–Kier alpha value is -2.07. The van der Waals surface area contributed by atoms with Crippen LogP contribution in [0.15, 0.2) is 47.5 Å². The SMILES string of the molecule is Fc1cccc(Cl)c1COc1ccc(C2=NCCCN2)cc1. The lowest BCUT2D eigenvalue weighted by atomic mass is 10.1. The molecule has 0 fully saturated rings. The molecule has 22 heavy (non-hydrogen) atoms. The molecule has 3 nitrogen and oxygen atoms in total. The van der Waals surface area contributed by atoms with Crippen molar-refractivity contribution in [3.8, 4) is 5.75 Å². The fourth-order valence-electron chi connectivity index (χ4n) is 2.26. The van der Waals surface area contributed by atoms with Crippen molar-refractivity contribution in [2.45, 2.75) is 13.0 Å². The third-order valence-electron chi connectivity index (χ3n) is 3.47. The molecule has 0 saturated heterocycles. The summed E-state index contributed by atoms with van der Waals surface area (Å²) in [4.78, 5) is 4.44. The van der Waals surface area contributed by atoms with Gasteiger partial charge in [0.05, 0.1) is 5.02 Å². The number of halogens is 2. The van der Waals surface area contributed by atoms with Gasteiger partial charge in [0.2, 0.25) is 0 Å². The summed E-state index contributed by atoms with van der Waals surface area (Å²) in [5.41, 5.74) is 1.39. The molecule has 0 radical (unpaired) electrons. The minimum atomic E-state index is -0.357. The number of nitrogens with one attached hydrogen (secondary N) is 1. The molecule has 114 valence electrons. The minimum absolute atomic E-state index is 0.101. The van der Waals surface area contributed by atoms with Gasteiger partial charge in [-0.2, -0.15) is 0 Å². The summed E-state index contributed by atoms with van der Waals surface area (Å²) in [5, 5.41) is 3.64. The van der Waals surface area contributed by atoms with Crippen LogP contribution in [-0.4, -0.2) is 18.9 Å². The number of ether oxygens (including phenoxy) is 1. The van der Waals surface area contributed by atoms with Crippen LogP contribution < -0.4 is 10.1 Å². The Morgan fingerprint density at radius 3 is 2.68 bits per heavy atom. The zero-order chi connectivity index (χ0) is 15.4. The Kier molecular flexibility index (Phi) is 4.59. The van der Waals surface area contributed by atoms with Gasteiger partial charge in [0, 0.05) is 24.2 Å². The first-order valence-electron chi connectivity index (χ1n) is 7.18. The first-order chi connectivity index (χ1) is 10.7. The summed E-state index contributed by atoms with van der Waals surface area (Å²) in [6.45, 7) is 1.90. The van der Waals surface area contributed by atoms with Gasteiger partial charge in [-0.15, -0.1) is 0 Å². The van der Waals surface area contributed by atoms with E-state index in [9.17, 15) is 4.39 Å². The maximum absolute atomic E-state index is 13.7. The predicted octanol–water partition coefficient (Wildman–Crippen LogP) is 3.80. The summed E-state index contributed by atoms with van der Waals surface area (Å²) in [5.74, 6) is 1.22. The van der Waals surface area contributed by atoms with Crippen LogP contribution in [0.25, 0.3) is 0 Å². The van der Waals surface area contributed by atoms with Crippen LogP contribution in [-0.2, 0) is 6.61 Å². The van der Waals surface area contributed by atoms with E-state index in [4.69, 9.17) is 16.3 Å². The van der Waals surface area contributed by atoms with Crippen molar-refractivity contribution >= 4 is 17.4 Å². The van der Waals surface area contributed by atoms with Crippen molar-refractivity contribution in [1.82, 2.24) is 5.32 Å². The quantitative estimate of drug-likeness (QED) is 0.930. The van der Waals surface area contributed by atoms with Crippen LogP contribution in [0, 0.1) is 5.82 Å². The molecule has 0 spiro atoms. The molecule has 3 rings (SSSR count). The number of rotatable bonds is 4. The topological polar surface area (TPSA) is 33.6 Å². The zero-order valence-electron chi connectivity index (χ0n) is 12.0. The van der Waals surface area contributed by atoms with E-state index >= 15 is 0 Å². The van der Waals surface area contributed by atoms with Crippen molar-refractivity contribution in [2.75, 3.05) is 13.1 Å². The molecule has 5 heteroatoms. The molecule has 0 atom stereocenters. The van der Waals surface area contributed by atoms with Crippen molar-refractivity contribution in [2.24, 2.45) is 4.99 Å². The Balaban J connectivity index is 1.67. The number of hydrogen-bond donors (Lipinski definition) is 1. The van der Waals surface area contributed by atoms with Gasteiger partial charge in [0.25, 0.3) is 0 Å². The molecule has 0 bridgehead atoms. The van der Waals surface area contributed by atoms with Gasteiger partial charge in [0.15, 0.2) is 0 Å². The molecule has 1 heterocycles. The first-order valence-corrected chi connectivity index (χ1v) is 7.56. The van der Waals surface area contributed by atoms with Crippen molar-refractivity contribution in [3.05, 3.63) is 64.4 Å². The van der Waals surface area contributed by atoms with Crippen molar-refractivity contribution in [1.29, 1.82) is 0 Å². The zero-order valence-corrected chi connectivity index (χ0v) is 12.7. The molecule has 1 N–H and O–H groups in total. The monoisotopic (exact) mass is 318 g/mol. The van der Waals surface area contributed by atoms with Gasteiger partial charge in [-0.1, -0.05) is 17.7 Å². The lowest BCUT2D eigenvalue weighted by Gasteiger charge is -2.15. The smallest absolute Gasteiger partial charge is 0.131 e. The van der Waals surface area contributed by atoms with Crippen LogP contribution in [0.5, 0.6) is 5.75 Å². The van der Waals surface area contributed by atoms with Gasteiger partial charge in [-0.05, 0) is 42.8 Å². The second kappa shape index (κ2) is 6.79. The normalized spacial score (nSPS) is 14.2. The highest BCUT2D eigenvalue weighted by Gasteiger charge is 2.09. The number of amidine groups is 1. The summed E-state index contributed by atoms with van der Waals surface area (Å²) in [7, 11) is 0. The fraction of sp³-hybridized carbons (Fsp3) is 0.235. The maximum Gasteiger partial charge on any atom is 0.131 e. The number of benzene rings is 2. The summed E-state index contributed by atoms with van der Waals surface area (Å²) < 4.78 is 19.3. The standard InChI is InChI=1S/C17H16ClFN2O/c18-15-3-1-4-16(19)14(15)11-22-13-7-5-12(6-8-13)17-20-9-2-10-21-17/h1,3-8H,2,9-11H2,(H,20,21). The fourth-order valence-corrected chi connectivity index (χ4v) is 2.48. The number of nitrogens with zero attached hydrogens (tertiary/aromatic N) is 1. The molecular formula is C17H16ClFN2O. The predicted molar refractivity (Wildman–Crippen MR) is 86.2 cm³/mol. The second-order valence-electron chi connectivity index (χ2n) is 5.02. The Labute approximate surface area is 133 Å². The van der Waals surface area contributed by atoms with E-state index in [1.807, 2.05) is 24.3 Å². The molecule has 0 aliphatic carbocycles. The molecule has 0 aromatic heterocycles. The summed E-state index contributed by atoms with van der Waals surface area (Å²) in [6, 6.07) is 12.2. The van der Waals surface area contributed by atoms with Gasteiger partial charge in [-0.3, -0.25) is 4.99 Å². The third-order valence-corrected chi connectivity index (χ3v) is 3.82. The second-order valence-corrected chi connectivity index (χ2v) is 5.43. The van der Waals surface area contributed by atoms with Crippen molar-refractivity contribution < 1.29 is 9.13 Å². The van der Waals surface area contributed by atoms with Crippen molar-refractivity contribution in [3.63, 3.8) is 0 Å². The minimum Gasteiger partial charge on any atom is -0.489 e. The number of aliphatic imine (C=N–C) groups is 1. The van der Waals surface area contributed by atoms with E-state index in [1.54, 1.807) is 12.1 Å². The summed E-state index contributed by atoms with van der Waals surface area (Å²) >= 11 is 5.98. The molecule has 1 aliphatic rings. The molecule has 0 unspecified atom stereocenters. The molecule has 0 saturated carbocycles. The summed E-state index contributed by atoms with van der Waals surface area (Å²) in [6.07, 6.45) is 1.06. The van der Waals surface area contributed by atoms with E-state index in [0.29, 0.717) is 16.3 Å². The van der Waals surface area contributed by atoms with Gasteiger partial charge >= 0.3 is 0 Å². The van der Waals surface area contributed by atoms with Gasteiger partial charge in [-0.25, -0.2) is 4.39 Å². The molecular weight excluding hydrogens is 303 g/mol. The maximum atomic E-state index is 13.7. The van der Waals surface area contributed by atoms with E-state index in [1.165, 1.54) is 6.07 Å². The Morgan fingerprint density at radius 1 is 1.18 bits per heavy atom. The average Bonchev–Trinajstić information content (AvgIpc) is 2.56. The van der Waals surface area contributed by atoms with Crippen LogP contribution in [0.3, 0.4) is 0 Å². The Bertz CT molecular complexity index is 665. The van der Waals surface area contributed by atoms with E-state index in [0.717, 1.165) is 30.9 Å². The lowest BCUT2D eigenvalue weighted by Crippen LogP contribution is -2.30. The molecule has 1 aliphatic heterocycles. The molecule has 0 amide bonds. The highest BCUT2D eigenvalue weighted by Crippen LogP contribution is 2.21. The molecule has 2 aromatic carbocycles. The van der Waals surface area contributed by atoms with E-state index in [-0.39, 0.29) is 12.4 Å². The average molecular weight is 319 g/mol. The van der Waals surface area contributed by atoms with E-state index in [2.05, 4.69) is 10.3 Å². The van der Waals surface area contributed by atoms with Gasteiger partial charge < -0.3 is 10.1 Å². The van der Waals surface area contributed by atoms with Crippen LogP contribution in [0.1, 0.15) is 17.5 Å². The largest absolute Gasteiger partial charge is 0.489 e. The molecule has 2 aromatic rings. The number of hydrogen-bond acceptors (Lipinski definition) is 3. The lowest BCUT2D eigenvalue weighted by molar-refractivity contribution is 0.300. The van der Waals surface area contributed by atoms with Crippen LogP contribution in [0.4, 0.5) is 4.39 Å². The highest BCUT2D eigenvalue weighted by atomic mass is 35.5.